The second-order valence-electron chi connectivity index (χ2n) is 6.74. The van der Waals surface area contributed by atoms with Crippen molar-refractivity contribution in [3.63, 3.8) is 0 Å². The summed E-state index contributed by atoms with van der Waals surface area (Å²) in [6.07, 6.45) is 10.3. The predicted octanol–water partition coefficient (Wildman–Crippen LogP) is 2.14. The van der Waals surface area contributed by atoms with Crippen LogP contribution in [0.2, 0.25) is 0 Å². The smallest absolute Gasteiger partial charge is 0.245 e. The van der Waals surface area contributed by atoms with E-state index in [2.05, 4.69) is 20.6 Å². The van der Waals surface area contributed by atoms with Crippen molar-refractivity contribution in [2.45, 2.75) is 25.4 Å². The molecule has 1 atom stereocenters. The fraction of sp³-hybridized carbons (Fsp3) is 0.286. The van der Waals surface area contributed by atoms with Gasteiger partial charge < -0.3 is 9.80 Å². The third kappa shape index (κ3) is 3.96. The fourth-order valence-corrected chi connectivity index (χ4v) is 3.46. The van der Waals surface area contributed by atoms with Crippen molar-refractivity contribution < 1.29 is 9.59 Å². The third-order valence-electron chi connectivity index (χ3n) is 4.86. The molecule has 1 fully saturated rings. The first-order chi connectivity index (χ1) is 13.2. The molecule has 136 valence electrons. The Bertz CT molecular complexity index is 904. The first-order valence-electron chi connectivity index (χ1n) is 9.06. The SMILES string of the molecule is O=C(CN(Cc1cccnc1)C(=O)[C@@H]1CCCN1c1ccncc1)C1=C=C1. The summed E-state index contributed by atoms with van der Waals surface area (Å²) in [4.78, 5) is 37.6. The molecule has 1 aliphatic heterocycles. The van der Waals surface area contributed by atoms with E-state index in [0.29, 0.717) is 12.1 Å². The summed E-state index contributed by atoms with van der Waals surface area (Å²) >= 11 is 0. The molecule has 0 N–H and O–H groups in total. The minimum Gasteiger partial charge on any atom is -0.359 e. The molecule has 0 bridgehead atoms. The maximum absolute atomic E-state index is 13.4. The Morgan fingerprint density at radius 3 is 2.70 bits per heavy atom. The molecule has 0 radical (unpaired) electrons. The number of hydrogen-bond acceptors (Lipinski definition) is 5. The average Bonchev–Trinajstić information content (AvgIpc) is 3.45. The van der Waals surface area contributed by atoms with E-state index in [4.69, 9.17) is 0 Å². The van der Waals surface area contributed by atoms with Crippen LogP contribution in [-0.2, 0) is 16.1 Å². The monoisotopic (exact) mass is 360 g/mol. The Balaban J connectivity index is 1.55. The van der Waals surface area contributed by atoms with E-state index in [1.54, 1.807) is 35.8 Å². The van der Waals surface area contributed by atoms with E-state index in [1.807, 2.05) is 24.3 Å². The number of Topliss-reactive ketones (excluding diaryl/α,β-unsaturated/α-hetero) is 1. The van der Waals surface area contributed by atoms with Crippen molar-refractivity contribution >= 4 is 17.4 Å². The molecule has 2 aromatic heterocycles. The summed E-state index contributed by atoms with van der Waals surface area (Å²) in [6.45, 7) is 1.25. The molecule has 4 rings (SSSR count). The molecular weight excluding hydrogens is 340 g/mol. The summed E-state index contributed by atoms with van der Waals surface area (Å²) < 4.78 is 0. The normalized spacial score (nSPS) is 17.6. The van der Waals surface area contributed by atoms with Crippen molar-refractivity contribution in [2.24, 2.45) is 0 Å². The number of carbonyl (C=O) groups excluding carboxylic acids is 2. The van der Waals surface area contributed by atoms with E-state index in [1.165, 1.54) is 0 Å². The number of ketones is 1. The van der Waals surface area contributed by atoms with Crippen LogP contribution in [0, 0.1) is 0 Å². The highest BCUT2D eigenvalue weighted by Crippen LogP contribution is 2.27. The lowest BCUT2D eigenvalue weighted by molar-refractivity contribution is -0.136. The number of nitrogens with zero attached hydrogens (tertiary/aromatic N) is 4. The predicted molar refractivity (Wildman–Crippen MR) is 101 cm³/mol. The average molecular weight is 360 g/mol. The highest BCUT2D eigenvalue weighted by molar-refractivity contribution is 6.04. The van der Waals surface area contributed by atoms with Gasteiger partial charge >= 0.3 is 0 Å². The molecule has 6 heteroatoms. The van der Waals surface area contributed by atoms with Gasteiger partial charge in [0.25, 0.3) is 0 Å². The Labute approximate surface area is 157 Å². The molecule has 0 saturated carbocycles. The minimum absolute atomic E-state index is 0.0252. The Morgan fingerprint density at radius 2 is 2.00 bits per heavy atom. The van der Waals surface area contributed by atoms with Crippen LogP contribution in [0.3, 0.4) is 0 Å². The molecule has 1 amide bonds. The molecule has 2 aliphatic rings. The van der Waals surface area contributed by atoms with Gasteiger partial charge in [0.05, 0.1) is 12.1 Å². The highest BCUT2D eigenvalue weighted by atomic mass is 16.2. The lowest BCUT2D eigenvalue weighted by Gasteiger charge is -2.31. The number of hydrogen-bond donors (Lipinski definition) is 0. The van der Waals surface area contributed by atoms with Crippen LogP contribution in [0.15, 0.2) is 66.4 Å². The van der Waals surface area contributed by atoms with Crippen LogP contribution in [0.25, 0.3) is 0 Å². The molecule has 0 spiro atoms. The van der Waals surface area contributed by atoms with Crippen molar-refractivity contribution in [1.29, 1.82) is 0 Å². The first kappa shape index (κ1) is 17.2. The van der Waals surface area contributed by atoms with Crippen LogP contribution in [-0.4, -0.2) is 45.7 Å². The summed E-state index contributed by atoms with van der Waals surface area (Å²) in [5.41, 5.74) is 5.29. The summed E-state index contributed by atoms with van der Waals surface area (Å²) in [7, 11) is 0. The van der Waals surface area contributed by atoms with E-state index in [9.17, 15) is 9.59 Å². The third-order valence-corrected chi connectivity index (χ3v) is 4.86. The summed E-state index contributed by atoms with van der Waals surface area (Å²) in [5.74, 6) is -0.0940. The first-order valence-corrected chi connectivity index (χ1v) is 9.06. The Morgan fingerprint density at radius 1 is 1.19 bits per heavy atom. The molecule has 1 saturated heterocycles. The van der Waals surface area contributed by atoms with Gasteiger partial charge in [0.1, 0.15) is 6.04 Å². The highest BCUT2D eigenvalue weighted by Gasteiger charge is 2.35. The van der Waals surface area contributed by atoms with Crippen LogP contribution >= 0.6 is 0 Å². The number of aromatic nitrogens is 2. The number of anilines is 1. The van der Waals surface area contributed by atoms with Crippen molar-refractivity contribution in [1.82, 2.24) is 14.9 Å². The number of carbonyl (C=O) groups is 2. The number of rotatable bonds is 7. The Hall–Kier alpha value is -3.24. The van der Waals surface area contributed by atoms with E-state index >= 15 is 0 Å². The van der Waals surface area contributed by atoms with E-state index in [-0.39, 0.29) is 24.3 Å². The van der Waals surface area contributed by atoms with Crippen LogP contribution in [0.5, 0.6) is 0 Å². The van der Waals surface area contributed by atoms with Crippen LogP contribution in [0.4, 0.5) is 5.69 Å². The van der Waals surface area contributed by atoms with Crippen LogP contribution < -0.4 is 4.90 Å². The van der Waals surface area contributed by atoms with Gasteiger partial charge in [-0.3, -0.25) is 19.6 Å². The minimum atomic E-state index is -0.266. The quantitative estimate of drug-likeness (QED) is 0.708. The molecule has 1 aliphatic carbocycles. The van der Waals surface area contributed by atoms with Crippen molar-refractivity contribution in [3.05, 3.63) is 72.0 Å². The number of amides is 1. The maximum atomic E-state index is 13.4. The zero-order chi connectivity index (χ0) is 18.6. The summed E-state index contributed by atoms with van der Waals surface area (Å²) in [5, 5.41) is 0. The summed E-state index contributed by atoms with van der Waals surface area (Å²) in [6, 6.07) is 7.33. The van der Waals surface area contributed by atoms with Gasteiger partial charge in [0.15, 0.2) is 5.78 Å². The molecule has 2 aromatic rings. The second kappa shape index (κ2) is 7.56. The Kier molecular flexibility index (Phi) is 4.81. The van der Waals surface area contributed by atoms with Gasteiger partial charge in [-0.1, -0.05) is 6.07 Å². The van der Waals surface area contributed by atoms with Gasteiger partial charge in [0, 0.05) is 43.6 Å². The van der Waals surface area contributed by atoms with Gasteiger partial charge in [-0.2, -0.15) is 0 Å². The zero-order valence-corrected chi connectivity index (χ0v) is 14.9. The van der Waals surface area contributed by atoms with E-state index in [0.717, 1.165) is 30.6 Å². The lowest BCUT2D eigenvalue weighted by atomic mass is 10.1. The molecule has 27 heavy (non-hydrogen) atoms. The largest absolute Gasteiger partial charge is 0.359 e. The van der Waals surface area contributed by atoms with Gasteiger partial charge in [-0.15, -0.1) is 5.73 Å². The standard InChI is InChI=1S/C21H20N4O2/c26-20(17-5-6-17)15-24(14-16-3-1-9-23-13-16)21(27)19-4-2-12-25(19)18-7-10-22-11-8-18/h1,3,5,7-11,13,19H,2,4,12,14-15H2/t19-/m0/s1. The molecule has 0 aromatic carbocycles. The zero-order valence-electron chi connectivity index (χ0n) is 14.9. The van der Waals surface area contributed by atoms with E-state index < -0.39 is 0 Å². The molecule has 6 nitrogen and oxygen atoms in total. The fourth-order valence-electron chi connectivity index (χ4n) is 3.46. The maximum Gasteiger partial charge on any atom is 0.245 e. The van der Waals surface area contributed by atoms with Crippen molar-refractivity contribution in [3.8, 4) is 0 Å². The topological polar surface area (TPSA) is 66.4 Å². The van der Waals surface area contributed by atoms with Gasteiger partial charge in [-0.05, 0) is 42.7 Å². The molecule has 3 heterocycles. The lowest BCUT2D eigenvalue weighted by Crippen LogP contribution is -2.47. The molecule has 0 unspecified atom stereocenters. The van der Waals surface area contributed by atoms with Crippen LogP contribution in [0.1, 0.15) is 18.4 Å². The second-order valence-corrected chi connectivity index (χ2v) is 6.74. The van der Waals surface area contributed by atoms with Gasteiger partial charge in [-0.25, -0.2) is 0 Å². The van der Waals surface area contributed by atoms with Crippen molar-refractivity contribution in [2.75, 3.05) is 18.0 Å². The molecular formula is C21H20N4O2. The number of pyridine rings is 2. The van der Waals surface area contributed by atoms with Gasteiger partial charge in [0.2, 0.25) is 5.91 Å².